The predicted octanol–water partition coefficient (Wildman–Crippen LogP) is 4.26. The summed E-state index contributed by atoms with van der Waals surface area (Å²) in [6.45, 7) is 4.39. The molecule has 1 saturated heterocycles. The van der Waals surface area contributed by atoms with Crippen LogP contribution in [0.1, 0.15) is 29.1 Å². The van der Waals surface area contributed by atoms with E-state index in [1.165, 1.54) is 6.20 Å². The minimum atomic E-state index is -0.409. The lowest BCUT2D eigenvalue weighted by Crippen LogP contribution is -2.38. The lowest BCUT2D eigenvalue weighted by atomic mass is 10.2. The normalized spacial score (nSPS) is 14.4. The maximum Gasteiger partial charge on any atom is 0.270 e. The lowest BCUT2D eigenvalue weighted by molar-refractivity contribution is 0.0934. The number of pyridine rings is 1. The number of morpholine rings is 1. The largest absolute Gasteiger partial charge is 0.495 e. The van der Waals surface area contributed by atoms with Crippen LogP contribution in [-0.4, -0.2) is 54.3 Å². The first-order valence-corrected chi connectivity index (χ1v) is 11.4. The second-order valence-electron chi connectivity index (χ2n) is 7.61. The highest BCUT2D eigenvalue weighted by atomic mass is 35.5. The van der Waals surface area contributed by atoms with Gasteiger partial charge in [-0.05, 0) is 37.3 Å². The Morgan fingerprint density at radius 2 is 1.91 bits per heavy atom. The minimum absolute atomic E-state index is 0.282. The summed E-state index contributed by atoms with van der Waals surface area (Å²) in [4.78, 5) is 28.3. The monoisotopic (exact) mass is 502 g/mol. The van der Waals surface area contributed by atoms with Gasteiger partial charge in [0.25, 0.3) is 5.91 Å². The molecule has 34 heavy (non-hydrogen) atoms. The maximum absolute atomic E-state index is 12.7. The number of hydrogen-bond acceptors (Lipinski definition) is 8. The fourth-order valence-corrected chi connectivity index (χ4v) is 3.64. The maximum atomic E-state index is 12.7. The van der Waals surface area contributed by atoms with Crippen molar-refractivity contribution < 1.29 is 14.3 Å². The van der Waals surface area contributed by atoms with Crippen LogP contribution in [0, 0.1) is 0 Å². The van der Waals surface area contributed by atoms with Gasteiger partial charge in [-0.1, -0.05) is 23.2 Å². The molecule has 9 nitrogen and oxygen atoms in total. The molecule has 4 rings (SSSR count). The van der Waals surface area contributed by atoms with E-state index in [2.05, 4.69) is 20.6 Å². The van der Waals surface area contributed by atoms with E-state index in [4.69, 9.17) is 37.7 Å². The number of ether oxygens (including phenoxy) is 2. The molecule has 1 fully saturated rings. The van der Waals surface area contributed by atoms with Gasteiger partial charge in [-0.3, -0.25) is 4.79 Å². The number of anilines is 3. The van der Waals surface area contributed by atoms with Crippen LogP contribution in [0.15, 0.2) is 42.6 Å². The van der Waals surface area contributed by atoms with Crippen LogP contribution in [0.25, 0.3) is 0 Å². The highest BCUT2D eigenvalue weighted by Gasteiger charge is 2.20. The first-order chi connectivity index (χ1) is 16.4. The number of nitrogens with one attached hydrogen (secondary N) is 2. The van der Waals surface area contributed by atoms with Gasteiger partial charge in [-0.25, -0.2) is 9.97 Å². The van der Waals surface area contributed by atoms with Crippen molar-refractivity contribution in [3.05, 3.63) is 64.0 Å². The highest BCUT2D eigenvalue weighted by molar-refractivity contribution is 6.42. The molecule has 0 saturated carbocycles. The van der Waals surface area contributed by atoms with Crippen LogP contribution in [-0.2, 0) is 4.74 Å². The molecule has 0 spiro atoms. The van der Waals surface area contributed by atoms with Gasteiger partial charge in [0.2, 0.25) is 5.95 Å². The van der Waals surface area contributed by atoms with Gasteiger partial charge in [0.15, 0.2) is 0 Å². The number of hydrogen-bond donors (Lipinski definition) is 2. The first-order valence-electron chi connectivity index (χ1n) is 10.7. The number of benzene rings is 1. The van der Waals surface area contributed by atoms with Crippen molar-refractivity contribution in [2.45, 2.75) is 13.0 Å². The van der Waals surface area contributed by atoms with Crippen molar-refractivity contribution in [3.8, 4) is 5.75 Å². The summed E-state index contributed by atoms with van der Waals surface area (Å²) in [5.74, 6) is 1.37. The smallest absolute Gasteiger partial charge is 0.270 e. The summed E-state index contributed by atoms with van der Waals surface area (Å²) in [6.07, 6.45) is 1.50. The van der Waals surface area contributed by atoms with Crippen molar-refractivity contribution in [3.63, 3.8) is 0 Å². The molecule has 0 radical (unpaired) electrons. The molecule has 1 atom stereocenters. The number of halogens is 2. The number of aromatic nitrogens is 3. The Hall–Kier alpha value is -3.14. The second kappa shape index (κ2) is 10.9. The number of amides is 1. The Morgan fingerprint density at radius 1 is 1.12 bits per heavy atom. The molecule has 2 aromatic heterocycles. The molecule has 0 unspecified atom stereocenters. The van der Waals surface area contributed by atoms with Crippen molar-refractivity contribution >= 4 is 46.6 Å². The summed E-state index contributed by atoms with van der Waals surface area (Å²) >= 11 is 12.2. The molecule has 0 aliphatic carbocycles. The third-order valence-electron chi connectivity index (χ3n) is 5.22. The zero-order valence-corrected chi connectivity index (χ0v) is 20.2. The van der Waals surface area contributed by atoms with Crippen LogP contribution >= 0.6 is 23.2 Å². The zero-order chi connectivity index (χ0) is 24.1. The van der Waals surface area contributed by atoms with Crippen molar-refractivity contribution in [1.82, 2.24) is 20.3 Å². The van der Waals surface area contributed by atoms with Crippen molar-refractivity contribution in [2.24, 2.45) is 0 Å². The Kier molecular flexibility index (Phi) is 7.66. The average molecular weight is 503 g/mol. The van der Waals surface area contributed by atoms with E-state index in [-0.39, 0.29) is 11.6 Å². The van der Waals surface area contributed by atoms with Crippen molar-refractivity contribution in [1.29, 1.82) is 0 Å². The number of carbonyl (C=O) groups is 1. The molecule has 0 bridgehead atoms. The van der Waals surface area contributed by atoms with Gasteiger partial charge in [0.1, 0.15) is 17.3 Å². The van der Waals surface area contributed by atoms with Crippen molar-refractivity contribution in [2.75, 3.05) is 43.6 Å². The number of nitrogens with zero attached hydrogens (tertiary/aromatic N) is 4. The van der Waals surface area contributed by atoms with Crippen LogP contribution in [0.2, 0.25) is 10.0 Å². The standard InChI is InChI=1S/C23H24Cl2N6O3/c1-14(27-22(32)19-6-4-16(33-2)13-26-19)20-12-21(28-15-3-5-17(24)18(25)11-15)30-23(29-20)31-7-9-34-10-8-31/h3-6,11-14H,7-10H2,1-2H3,(H,27,32)(H,28,29,30)/t14-/m0/s1. The summed E-state index contributed by atoms with van der Waals surface area (Å²) in [5.41, 5.74) is 1.65. The van der Waals surface area contributed by atoms with E-state index in [0.717, 1.165) is 5.69 Å². The van der Waals surface area contributed by atoms with E-state index in [1.807, 2.05) is 17.9 Å². The summed E-state index contributed by atoms with van der Waals surface area (Å²) in [6, 6.07) is 9.92. The van der Waals surface area contributed by atoms with Crippen LogP contribution in [0.5, 0.6) is 5.75 Å². The number of rotatable bonds is 7. The Labute approximate surface area is 207 Å². The molecule has 178 valence electrons. The van der Waals surface area contributed by atoms with Gasteiger partial charge in [0.05, 0.1) is 48.3 Å². The van der Waals surface area contributed by atoms with Gasteiger partial charge in [-0.2, -0.15) is 4.98 Å². The van der Waals surface area contributed by atoms with E-state index in [0.29, 0.717) is 59.6 Å². The van der Waals surface area contributed by atoms with Gasteiger partial charge < -0.3 is 25.0 Å². The fourth-order valence-electron chi connectivity index (χ4n) is 3.35. The molecule has 1 aliphatic rings. The van der Waals surface area contributed by atoms with Crippen LogP contribution in [0.4, 0.5) is 17.5 Å². The van der Waals surface area contributed by atoms with Gasteiger partial charge in [0, 0.05) is 24.8 Å². The molecule has 3 aromatic rings. The average Bonchev–Trinajstić information content (AvgIpc) is 2.86. The van der Waals surface area contributed by atoms with E-state index < -0.39 is 6.04 Å². The fraction of sp³-hybridized carbons (Fsp3) is 0.304. The minimum Gasteiger partial charge on any atom is -0.495 e. The van der Waals surface area contributed by atoms with Gasteiger partial charge in [-0.15, -0.1) is 0 Å². The van der Waals surface area contributed by atoms with E-state index in [1.54, 1.807) is 37.4 Å². The molecule has 2 N–H and O–H groups in total. The van der Waals surface area contributed by atoms with Crippen LogP contribution in [0.3, 0.4) is 0 Å². The Morgan fingerprint density at radius 3 is 2.59 bits per heavy atom. The zero-order valence-electron chi connectivity index (χ0n) is 18.7. The quantitative estimate of drug-likeness (QED) is 0.494. The number of carbonyl (C=O) groups excluding carboxylic acids is 1. The summed E-state index contributed by atoms with van der Waals surface area (Å²) < 4.78 is 10.6. The Balaban J connectivity index is 1.59. The third kappa shape index (κ3) is 5.85. The van der Waals surface area contributed by atoms with Gasteiger partial charge >= 0.3 is 0 Å². The topological polar surface area (TPSA) is 102 Å². The molecule has 1 aromatic carbocycles. The molecule has 11 heteroatoms. The molecule has 1 aliphatic heterocycles. The molecular formula is C23H24Cl2N6O3. The van der Waals surface area contributed by atoms with E-state index in [9.17, 15) is 4.79 Å². The predicted molar refractivity (Wildman–Crippen MR) is 131 cm³/mol. The summed E-state index contributed by atoms with van der Waals surface area (Å²) in [7, 11) is 1.55. The molecular weight excluding hydrogens is 479 g/mol. The second-order valence-corrected chi connectivity index (χ2v) is 8.42. The van der Waals surface area contributed by atoms with Crippen LogP contribution < -0.4 is 20.3 Å². The SMILES string of the molecule is COc1ccc(C(=O)N[C@@H](C)c2cc(Nc3ccc(Cl)c(Cl)c3)nc(N3CCOCC3)n2)nc1. The number of methoxy groups -OCH3 is 1. The molecule has 3 heterocycles. The molecule has 1 amide bonds. The third-order valence-corrected chi connectivity index (χ3v) is 5.96. The Bertz CT molecular complexity index is 1160. The lowest BCUT2D eigenvalue weighted by Gasteiger charge is -2.28. The first kappa shape index (κ1) is 24.0. The van der Waals surface area contributed by atoms with E-state index >= 15 is 0 Å². The summed E-state index contributed by atoms with van der Waals surface area (Å²) in [5, 5.41) is 7.10. The highest BCUT2D eigenvalue weighted by Crippen LogP contribution is 2.28.